The molecular formula is C8H11BrN2O. The largest absolute Gasteiger partial charge is 0.396 e. The van der Waals surface area contributed by atoms with Crippen LogP contribution in [0.25, 0.3) is 0 Å². The highest BCUT2D eigenvalue weighted by atomic mass is 79.9. The molecule has 0 spiro atoms. The summed E-state index contributed by atoms with van der Waals surface area (Å²) in [5.74, 6) is 0. The van der Waals surface area contributed by atoms with Gasteiger partial charge in [-0.25, -0.2) is 4.98 Å². The molecule has 0 bridgehead atoms. The van der Waals surface area contributed by atoms with Crippen LogP contribution in [0, 0.1) is 0 Å². The van der Waals surface area contributed by atoms with E-state index in [2.05, 4.69) is 20.9 Å². The molecule has 0 aliphatic heterocycles. The second-order valence-electron chi connectivity index (χ2n) is 2.53. The van der Waals surface area contributed by atoms with E-state index in [0.717, 1.165) is 10.2 Å². The molecule has 12 heavy (non-hydrogen) atoms. The number of hydrogen-bond acceptors (Lipinski definition) is 3. The Balaban J connectivity index is 2.68. The summed E-state index contributed by atoms with van der Waals surface area (Å²) >= 11 is 3.23. The normalized spacial score (nSPS) is 12.9. The molecule has 1 unspecified atom stereocenters. The summed E-state index contributed by atoms with van der Waals surface area (Å²) in [5, 5.41) is 8.64. The lowest BCUT2D eigenvalue weighted by Crippen LogP contribution is -2.11. The van der Waals surface area contributed by atoms with Gasteiger partial charge in [-0.3, -0.25) is 0 Å². The Morgan fingerprint density at radius 3 is 2.83 bits per heavy atom. The van der Waals surface area contributed by atoms with Gasteiger partial charge in [0.25, 0.3) is 0 Å². The van der Waals surface area contributed by atoms with Gasteiger partial charge in [-0.2, -0.15) is 0 Å². The van der Waals surface area contributed by atoms with Gasteiger partial charge in [-0.05, 0) is 34.0 Å². The summed E-state index contributed by atoms with van der Waals surface area (Å²) in [6, 6.07) is 3.62. The number of hydrogen-bond donors (Lipinski definition) is 2. The van der Waals surface area contributed by atoms with Crippen molar-refractivity contribution in [2.75, 3.05) is 6.61 Å². The highest BCUT2D eigenvalue weighted by molar-refractivity contribution is 9.10. The Morgan fingerprint density at radius 2 is 2.33 bits per heavy atom. The molecule has 0 fully saturated rings. The molecule has 0 saturated heterocycles. The first kappa shape index (κ1) is 9.64. The average Bonchev–Trinajstić information content (AvgIpc) is 2.06. The van der Waals surface area contributed by atoms with E-state index in [1.807, 2.05) is 12.1 Å². The molecule has 1 atom stereocenters. The van der Waals surface area contributed by atoms with Crippen molar-refractivity contribution < 1.29 is 5.11 Å². The number of halogens is 1. The maximum Gasteiger partial charge on any atom is 0.106 e. The van der Waals surface area contributed by atoms with Gasteiger partial charge in [-0.15, -0.1) is 0 Å². The Kier molecular flexibility index (Phi) is 3.65. The van der Waals surface area contributed by atoms with Crippen LogP contribution in [-0.4, -0.2) is 16.7 Å². The first-order chi connectivity index (χ1) is 5.74. The topological polar surface area (TPSA) is 59.1 Å². The van der Waals surface area contributed by atoms with Crippen molar-refractivity contribution in [3.63, 3.8) is 0 Å². The minimum absolute atomic E-state index is 0.108. The summed E-state index contributed by atoms with van der Waals surface area (Å²) in [6.07, 6.45) is 2.29. The van der Waals surface area contributed by atoms with Crippen LogP contribution < -0.4 is 5.73 Å². The van der Waals surface area contributed by atoms with Crippen molar-refractivity contribution in [2.24, 2.45) is 5.73 Å². The summed E-state index contributed by atoms with van der Waals surface area (Å²) in [7, 11) is 0. The summed E-state index contributed by atoms with van der Waals surface area (Å²) in [6.45, 7) is 0.108. The molecule has 4 heteroatoms. The summed E-state index contributed by atoms with van der Waals surface area (Å²) < 4.78 is 0.794. The molecule has 0 aromatic carbocycles. The van der Waals surface area contributed by atoms with Crippen LogP contribution in [0.4, 0.5) is 0 Å². The second kappa shape index (κ2) is 4.54. The third-order valence-corrected chi connectivity index (χ3v) is 2.09. The lowest BCUT2D eigenvalue weighted by molar-refractivity contribution is 0.276. The predicted molar refractivity (Wildman–Crippen MR) is 50.6 cm³/mol. The van der Waals surface area contributed by atoms with Crippen LogP contribution in [-0.2, 0) is 0 Å². The van der Waals surface area contributed by atoms with Gasteiger partial charge >= 0.3 is 0 Å². The maximum absolute atomic E-state index is 8.64. The quantitative estimate of drug-likeness (QED) is 0.769. The van der Waals surface area contributed by atoms with Gasteiger partial charge in [0.2, 0.25) is 0 Å². The molecule has 1 aromatic heterocycles. The van der Waals surface area contributed by atoms with Crippen LogP contribution >= 0.6 is 15.9 Å². The molecule has 3 N–H and O–H groups in total. The number of nitrogens with two attached hydrogens (primary N) is 1. The number of aliphatic hydroxyl groups is 1. The number of rotatable bonds is 3. The van der Waals surface area contributed by atoms with Gasteiger partial charge < -0.3 is 10.8 Å². The van der Waals surface area contributed by atoms with E-state index in [1.54, 1.807) is 6.20 Å². The first-order valence-corrected chi connectivity index (χ1v) is 4.51. The molecule has 1 heterocycles. The molecule has 0 aliphatic carbocycles. The molecule has 66 valence electrons. The number of nitrogens with zero attached hydrogens (tertiary/aromatic N) is 1. The van der Waals surface area contributed by atoms with Gasteiger partial charge in [0.1, 0.15) is 4.60 Å². The fraction of sp³-hybridized carbons (Fsp3) is 0.375. The Bertz CT molecular complexity index is 237. The van der Waals surface area contributed by atoms with E-state index in [1.165, 1.54) is 0 Å². The van der Waals surface area contributed by atoms with Crippen LogP contribution in [0.3, 0.4) is 0 Å². The van der Waals surface area contributed by atoms with Crippen molar-refractivity contribution in [1.82, 2.24) is 4.98 Å². The maximum atomic E-state index is 8.64. The fourth-order valence-electron chi connectivity index (χ4n) is 0.912. The van der Waals surface area contributed by atoms with Crippen molar-refractivity contribution in [2.45, 2.75) is 12.5 Å². The van der Waals surface area contributed by atoms with E-state index in [0.29, 0.717) is 6.42 Å². The van der Waals surface area contributed by atoms with Crippen molar-refractivity contribution in [3.05, 3.63) is 28.5 Å². The molecule has 0 saturated carbocycles. The lowest BCUT2D eigenvalue weighted by atomic mass is 10.1. The third-order valence-electron chi connectivity index (χ3n) is 1.62. The van der Waals surface area contributed by atoms with Crippen molar-refractivity contribution in [3.8, 4) is 0 Å². The number of pyridine rings is 1. The van der Waals surface area contributed by atoms with Gasteiger partial charge in [0.05, 0.1) is 0 Å². The fourth-order valence-corrected chi connectivity index (χ4v) is 1.15. The molecular weight excluding hydrogens is 220 g/mol. The van der Waals surface area contributed by atoms with E-state index in [9.17, 15) is 0 Å². The Hall–Kier alpha value is -0.450. The number of aliphatic hydroxyl groups excluding tert-OH is 1. The molecule has 1 rings (SSSR count). The summed E-state index contributed by atoms with van der Waals surface area (Å²) in [5.41, 5.74) is 6.69. The van der Waals surface area contributed by atoms with E-state index in [-0.39, 0.29) is 12.6 Å². The molecule has 0 radical (unpaired) electrons. The zero-order valence-corrected chi connectivity index (χ0v) is 8.16. The van der Waals surface area contributed by atoms with Gasteiger partial charge in [0.15, 0.2) is 0 Å². The van der Waals surface area contributed by atoms with E-state index < -0.39 is 0 Å². The minimum Gasteiger partial charge on any atom is -0.396 e. The SMILES string of the molecule is NC(CCO)c1ccc(Br)nc1. The van der Waals surface area contributed by atoms with Gasteiger partial charge in [-0.1, -0.05) is 6.07 Å². The second-order valence-corrected chi connectivity index (χ2v) is 3.35. The number of aromatic nitrogens is 1. The van der Waals surface area contributed by atoms with E-state index >= 15 is 0 Å². The predicted octanol–water partition coefficient (Wildman–Crippen LogP) is 1.23. The Labute approximate surface area is 79.7 Å². The monoisotopic (exact) mass is 230 g/mol. The van der Waals surface area contributed by atoms with Crippen LogP contribution in [0.1, 0.15) is 18.0 Å². The highest BCUT2D eigenvalue weighted by Gasteiger charge is 2.04. The first-order valence-electron chi connectivity index (χ1n) is 3.72. The lowest BCUT2D eigenvalue weighted by Gasteiger charge is -2.08. The zero-order chi connectivity index (χ0) is 8.97. The molecule has 1 aromatic rings. The highest BCUT2D eigenvalue weighted by Crippen LogP contribution is 2.14. The summed E-state index contributed by atoms with van der Waals surface area (Å²) in [4.78, 5) is 4.04. The molecule has 0 amide bonds. The molecule has 0 aliphatic rings. The smallest absolute Gasteiger partial charge is 0.106 e. The standard InChI is InChI=1S/C8H11BrN2O/c9-8-2-1-6(5-11-8)7(10)3-4-12/h1-2,5,7,12H,3-4,10H2. The van der Waals surface area contributed by atoms with Crippen LogP contribution in [0.2, 0.25) is 0 Å². The third kappa shape index (κ3) is 2.55. The van der Waals surface area contributed by atoms with Crippen LogP contribution in [0.15, 0.2) is 22.9 Å². The van der Waals surface area contributed by atoms with Crippen molar-refractivity contribution in [1.29, 1.82) is 0 Å². The minimum atomic E-state index is -0.115. The zero-order valence-electron chi connectivity index (χ0n) is 6.57. The van der Waals surface area contributed by atoms with Crippen LogP contribution in [0.5, 0.6) is 0 Å². The van der Waals surface area contributed by atoms with Gasteiger partial charge in [0, 0.05) is 18.8 Å². The Morgan fingerprint density at radius 1 is 1.58 bits per heavy atom. The van der Waals surface area contributed by atoms with Crippen molar-refractivity contribution >= 4 is 15.9 Å². The van der Waals surface area contributed by atoms with E-state index in [4.69, 9.17) is 10.8 Å². The molecule has 3 nitrogen and oxygen atoms in total. The average molecular weight is 231 g/mol.